The van der Waals surface area contributed by atoms with Gasteiger partial charge in [0.25, 0.3) is 0 Å². The number of alkyl halides is 4. The number of nitrogens with one attached hydrogen (secondary N) is 2. The van der Waals surface area contributed by atoms with E-state index in [4.69, 9.17) is 28.3 Å². The molecule has 1 aliphatic rings. The lowest BCUT2D eigenvalue weighted by Gasteiger charge is -2.36. The summed E-state index contributed by atoms with van der Waals surface area (Å²) in [6.45, 7) is 0.114. The molecule has 3 rings (SSSR count). The fourth-order valence-corrected chi connectivity index (χ4v) is 4.36. The Morgan fingerprint density at radius 3 is 2.24 bits per heavy atom. The number of amides is 2. The van der Waals surface area contributed by atoms with E-state index in [2.05, 4.69) is 10.6 Å². The summed E-state index contributed by atoms with van der Waals surface area (Å²) in [7, 11) is 0. The highest BCUT2D eigenvalue weighted by Gasteiger charge is 2.58. The number of aryl methyl sites for hydroxylation is 1. The first-order valence-electron chi connectivity index (χ1n) is 10.3. The molecule has 0 saturated carbocycles. The van der Waals surface area contributed by atoms with Crippen molar-refractivity contribution >= 4 is 40.8 Å². The van der Waals surface area contributed by atoms with Crippen LogP contribution < -0.4 is 10.6 Å². The van der Waals surface area contributed by atoms with Crippen molar-refractivity contribution in [2.75, 3.05) is 0 Å². The standard InChI is InChI=1S/C24H21Cl2F3N2O3/c25-19-12-18(13-23(26,24(27,28)29)21(19)17-4-2-1-3-5-17)31-22(34)30-14-16-8-6-15(7-9-16)10-11-20(32)33/h1-9,12H,10-11,13-14H2,(H,32,33)(H2,30,31,34). The summed E-state index contributed by atoms with van der Waals surface area (Å²) >= 11 is 12.4. The molecule has 1 unspecified atom stereocenters. The number of carboxylic acid groups (broad SMARTS) is 1. The number of hydrogen-bond donors (Lipinski definition) is 3. The highest BCUT2D eigenvalue weighted by atomic mass is 35.5. The van der Waals surface area contributed by atoms with Crippen molar-refractivity contribution in [1.29, 1.82) is 0 Å². The van der Waals surface area contributed by atoms with Crippen LogP contribution in [-0.4, -0.2) is 28.2 Å². The first-order valence-corrected chi connectivity index (χ1v) is 11.0. The van der Waals surface area contributed by atoms with E-state index >= 15 is 0 Å². The van der Waals surface area contributed by atoms with E-state index in [9.17, 15) is 22.8 Å². The Balaban J connectivity index is 1.70. The van der Waals surface area contributed by atoms with Gasteiger partial charge in [-0.15, -0.1) is 11.6 Å². The van der Waals surface area contributed by atoms with Crippen molar-refractivity contribution in [2.24, 2.45) is 0 Å². The minimum absolute atomic E-state index is 0.0120. The van der Waals surface area contributed by atoms with Gasteiger partial charge in [-0.3, -0.25) is 4.79 Å². The average molecular weight is 513 g/mol. The third-order valence-corrected chi connectivity index (χ3v) is 6.09. The van der Waals surface area contributed by atoms with E-state index < -0.39 is 29.5 Å². The molecule has 5 nitrogen and oxygen atoms in total. The van der Waals surface area contributed by atoms with Gasteiger partial charge in [-0.05, 0) is 29.2 Å². The number of carbonyl (C=O) groups excluding carboxylic acids is 1. The van der Waals surface area contributed by atoms with Crippen LogP contribution in [0.2, 0.25) is 0 Å². The Morgan fingerprint density at radius 1 is 1.03 bits per heavy atom. The van der Waals surface area contributed by atoms with Gasteiger partial charge >= 0.3 is 18.2 Å². The Kier molecular flexibility index (Phi) is 7.94. The predicted molar refractivity (Wildman–Crippen MR) is 124 cm³/mol. The second-order valence-corrected chi connectivity index (χ2v) is 8.80. The van der Waals surface area contributed by atoms with Crippen LogP contribution in [0.3, 0.4) is 0 Å². The second-order valence-electron chi connectivity index (χ2n) is 7.75. The number of carbonyl (C=O) groups is 2. The summed E-state index contributed by atoms with van der Waals surface area (Å²) in [6, 6.07) is 14.1. The third kappa shape index (κ3) is 6.12. The van der Waals surface area contributed by atoms with Gasteiger partial charge in [-0.25, -0.2) is 4.79 Å². The molecule has 180 valence electrons. The Morgan fingerprint density at radius 2 is 1.65 bits per heavy atom. The molecule has 0 bridgehead atoms. The van der Waals surface area contributed by atoms with E-state index in [0.717, 1.165) is 11.1 Å². The molecule has 1 atom stereocenters. The van der Waals surface area contributed by atoms with Gasteiger partial charge in [0.1, 0.15) is 0 Å². The fraction of sp³-hybridized carbons (Fsp3) is 0.250. The largest absolute Gasteiger partial charge is 0.481 e. The van der Waals surface area contributed by atoms with Crippen LogP contribution >= 0.6 is 23.2 Å². The van der Waals surface area contributed by atoms with Crippen LogP contribution in [0, 0.1) is 0 Å². The number of hydrogen-bond acceptors (Lipinski definition) is 2. The SMILES string of the molecule is O=C(O)CCc1ccc(CNC(=O)NC2=CC(Cl)=C(c3ccccc3)C(Cl)(C(F)(F)F)C2)cc1. The molecule has 0 aliphatic heterocycles. The highest BCUT2D eigenvalue weighted by molar-refractivity contribution is 6.40. The fourth-order valence-electron chi connectivity index (χ4n) is 3.56. The van der Waals surface area contributed by atoms with Crippen LogP contribution in [0.15, 0.2) is 71.4 Å². The van der Waals surface area contributed by atoms with Crippen LogP contribution in [0.5, 0.6) is 0 Å². The molecular formula is C24H21Cl2F3N2O3. The molecule has 1 aliphatic carbocycles. The zero-order valence-corrected chi connectivity index (χ0v) is 19.3. The zero-order chi connectivity index (χ0) is 24.9. The number of allylic oxidation sites excluding steroid dienone is 4. The zero-order valence-electron chi connectivity index (χ0n) is 17.8. The maximum Gasteiger partial charge on any atom is 0.412 e. The van der Waals surface area contributed by atoms with E-state index in [1.54, 1.807) is 42.5 Å². The Hall–Kier alpha value is -2.97. The number of halogens is 5. The van der Waals surface area contributed by atoms with E-state index in [1.807, 2.05) is 0 Å². The monoisotopic (exact) mass is 512 g/mol. The van der Waals surface area contributed by atoms with Gasteiger partial charge < -0.3 is 15.7 Å². The minimum Gasteiger partial charge on any atom is -0.481 e. The molecule has 0 aromatic heterocycles. The molecule has 0 saturated heterocycles. The van der Waals surface area contributed by atoms with Crippen molar-refractivity contribution < 1.29 is 27.9 Å². The van der Waals surface area contributed by atoms with E-state index in [0.29, 0.717) is 6.42 Å². The van der Waals surface area contributed by atoms with Crippen LogP contribution in [0.25, 0.3) is 5.57 Å². The Bertz CT molecular complexity index is 1120. The first-order chi connectivity index (χ1) is 16.0. The summed E-state index contributed by atoms with van der Waals surface area (Å²) < 4.78 is 42.1. The maximum absolute atomic E-state index is 14.0. The summed E-state index contributed by atoms with van der Waals surface area (Å²) in [5, 5.41) is 13.5. The summed E-state index contributed by atoms with van der Waals surface area (Å²) in [6.07, 6.45) is -3.87. The maximum atomic E-state index is 14.0. The Labute approximate surface area is 204 Å². The van der Waals surface area contributed by atoms with Crippen molar-refractivity contribution in [1.82, 2.24) is 10.6 Å². The molecule has 0 spiro atoms. The molecule has 3 N–H and O–H groups in total. The number of benzene rings is 2. The van der Waals surface area contributed by atoms with Gasteiger partial charge in [0, 0.05) is 35.7 Å². The smallest absolute Gasteiger partial charge is 0.412 e. The van der Waals surface area contributed by atoms with Crippen molar-refractivity contribution in [3.05, 3.63) is 88.1 Å². The van der Waals surface area contributed by atoms with Crippen LogP contribution in [0.1, 0.15) is 29.5 Å². The van der Waals surface area contributed by atoms with Crippen LogP contribution in [-0.2, 0) is 17.8 Å². The molecule has 10 heteroatoms. The number of carboxylic acids is 1. The summed E-state index contributed by atoms with van der Waals surface area (Å²) in [5.74, 6) is -0.892. The van der Waals surface area contributed by atoms with Gasteiger partial charge in [-0.1, -0.05) is 66.2 Å². The average Bonchev–Trinajstić information content (AvgIpc) is 2.76. The van der Waals surface area contributed by atoms with E-state index in [-0.39, 0.29) is 34.8 Å². The molecule has 2 amide bonds. The first kappa shape index (κ1) is 25.6. The quantitative estimate of drug-likeness (QED) is 0.399. The van der Waals surface area contributed by atoms with Crippen molar-refractivity contribution in [3.8, 4) is 0 Å². The number of aliphatic carboxylic acids is 1. The topological polar surface area (TPSA) is 78.4 Å². The van der Waals surface area contributed by atoms with Crippen LogP contribution in [0.4, 0.5) is 18.0 Å². The molecule has 0 radical (unpaired) electrons. The lowest BCUT2D eigenvalue weighted by Crippen LogP contribution is -2.46. The van der Waals surface area contributed by atoms with Gasteiger partial charge in [0.05, 0.1) is 0 Å². The summed E-state index contributed by atoms with van der Waals surface area (Å²) in [4.78, 5) is 20.2. The van der Waals surface area contributed by atoms with Crippen molar-refractivity contribution in [3.63, 3.8) is 0 Å². The van der Waals surface area contributed by atoms with Gasteiger partial charge in [-0.2, -0.15) is 13.2 Å². The minimum atomic E-state index is -4.83. The van der Waals surface area contributed by atoms with E-state index in [1.165, 1.54) is 18.2 Å². The number of urea groups is 1. The molecule has 2 aromatic carbocycles. The highest BCUT2D eigenvalue weighted by Crippen LogP contribution is 2.53. The predicted octanol–water partition coefficient (Wildman–Crippen LogP) is 5.98. The molecule has 2 aromatic rings. The normalized spacial score (nSPS) is 18.3. The third-order valence-electron chi connectivity index (χ3n) is 5.26. The lowest BCUT2D eigenvalue weighted by molar-refractivity contribution is -0.147. The second kappa shape index (κ2) is 10.5. The molecule has 0 heterocycles. The molecular weight excluding hydrogens is 492 g/mol. The van der Waals surface area contributed by atoms with Crippen molar-refractivity contribution in [2.45, 2.75) is 36.9 Å². The summed E-state index contributed by atoms with van der Waals surface area (Å²) in [5.41, 5.74) is 1.48. The molecule has 34 heavy (non-hydrogen) atoms. The molecule has 0 fully saturated rings. The lowest BCUT2D eigenvalue weighted by atomic mass is 9.83. The van der Waals surface area contributed by atoms with Gasteiger partial charge in [0.2, 0.25) is 0 Å². The number of rotatable bonds is 7. The van der Waals surface area contributed by atoms with Gasteiger partial charge in [0.15, 0.2) is 4.87 Å².